The summed E-state index contributed by atoms with van der Waals surface area (Å²) in [6, 6.07) is 20.0. The van der Waals surface area contributed by atoms with Crippen molar-refractivity contribution in [3.8, 4) is 11.8 Å². The minimum absolute atomic E-state index is 0.443. The van der Waals surface area contributed by atoms with Crippen LogP contribution in [0.4, 0.5) is 0 Å². The molecular formula is C24H24N2O3. The highest BCUT2D eigenvalue weighted by Gasteiger charge is 2.04. The maximum absolute atomic E-state index is 5.73. The van der Waals surface area contributed by atoms with Crippen LogP contribution in [0.3, 0.4) is 0 Å². The fourth-order valence-corrected chi connectivity index (χ4v) is 3.30. The van der Waals surface area contributed by atoms with Gasteiger partial charge in [0.25, 0.3) is 0 Å². The fraction of sp³-hybridized carbons (Fsp3) is 0.250. The number of hydrogen-bond acceptors (Lipinski definition) is 5. The number of aromatic nitrogens is 2. The van der Waals surface area contributed by atoms with Crippen molar-refractivity contribution in [2.45, 2.75) is 13.8 Å². The lowest BCUT2D eigenvalue weighted by Gasteiger charge is -2.10. The minimum atomic E-state index is 0.443. The third-order valence-corrected chi connectivity index (χ3v) is 4.75. The zero-order valence-electron chi connectivity index (χ0n) is 16.7. The smallest absolute Gasteiger partial charge is 0.214 e. The number of pyridine rings is 2. The molecule has 148 valence electrons. The zero-order valence-corrected chi connectivity index (χ0v) is 16.7. The number of nitrogens with zero attached hydrogens (tertiary/aromatic N) is 2. The van der Waals surface area contributed by atoms with Crippen molar-refractivity contribution in [2.75, 3.05) is 26.4 Å². The summed E-state index contributed by atoms with van der Waals surface area (Å²) < 4.78 is 17.1. The Morgan fingerprint density at radius 2 is 1.07 bits per heavy atom. The molecule has 0 aliphatic carbocycles. The van der Waals surface area contributed by atoms with E-state index in [9.17, 15) is 0 Å². The van der Waals surface area contributed by atoms with Gasteiger partial charge in [-0.05, 0) is 37.1 Å². The quantitative estimate of drug-likeness (QED) is 0.403. The molecule has 4 aromatic rings. The Labute approximate surface area is 170 Å². The number of rotatable bonds is 8. The molecule has 0 atom stereocenters. The van der Waals surface area contributed by atoms with Gasteiger partial charge in [0.15, 0.2) is 0 Å². The van der Waals surface area contributed by atoms with Crippen LogP contribution in [0.25, 0.3) is 21.8 Å². The van der Waals surface area contributed by atoms with Crippen LogP contribution in [0, 0.1) is 13.8 Å². The monoisotopic (exact) mass is 388 g/mol. The molecule has 0 saturated carbocycles. The molecular weight excluding hydrogens is 364 g/mol. The molecule has 5 nitrogen and oxygen atoms in total. The summed E-state index contributed by atoms with van der Waals surface area (Å²) in [6.07, 6.45) is 0. The van der Waals surface area contributed by atoms with Gasteiger partial charge in [0, 0.05) is 22.9 Å². The minimum Gasteiger partial charge on any atom is -0.475 e. The molecule has 0 fully saturated rings. The van der Waals surface area contributed by atoms with Gasteiger partial charge in [-0.3, -0.25) is 0 Å². The lowest BCUT2D eigenvalue weighted by atomic mass is 10.1. The topological polar surface area (TPSA) is 53.5 Å². The fourth-order valence-electron chi connectivity index (χ4n) is 3.30. The molecule has 0 spiro atoms. The third-order valence-electron chi connectivity index (χ3n) is 4.75. The highest BCUT2D eigenvalue weighted by Crippen LogP contribution is 2.22. The van der Waals surface area contributed by atoms with E-state index in [0.717, 1.165) is 32.9 Å². The Kier molecular flexibility index (Phi) is 5.86. The summed E-state index contributed by atoms with van der Waals surface area (Å²) in [7, 11) is 0. The molecule has 0 N–H and O–H groups in total. The molecule has 0 unspecified atom stereocenters. The van der Waals surface area contributed by atoms with E-state index in [1.54, 1.807) is 0 Å². The molecule has 2 heterocycles. The van der Waals surface area contributed by atoms with E-state index < -0.39 is 0 Å². The van der Waals surface area contributed by atoms with Gasteiger partial charge in [0.2, 0.25) is 11.8 Å². The Morgan fingerprint density at radius 3 is 1.55 bits per heavy atom. The number of aryl methyl sites for hydroxylation is 2. The van der Waals surface area contributed by atoms with Gasteiger partial charge in [-0.15, -0.1) is 0 Å². The summed E-state index contributed by atoms with van der Waals surface area (Å²) in [5, 5.41) is 2.29. The molecule has 5 heteroatoms. The molecule has 2 aromatic heterocycles. The van der Waals surface area contributed by atoms with Gasteiger partial charge >= 0.3 is 0 Å². The average molecular weight is 388 g/mol. The van der Waals surface area contributed by atoms with E-state index in [2.05, 4.69) is 35.9 Å². The second-order valence-corrected chi connectivity index (χ2v) is 6.90. The Bertz CT molecular complexity index is 1040. The summed E-state index contributed by atoms with van der Waals surface area (Å²) in [4.78, 5) is 9.06. The number of ether oxygens (including phenoxy) is 3. The van der Waals surface area contributed by atoms with Gasteiger partial charge in [-0.25, -0.2) is 9.97 Å². The van der Waals surface area contributed by atoms with Crippen molar-refractivity contribution >= 4 is 21.8 Å². The summed E-state index contributed by atoms with van der Waals surface area (Å²) in [6.45, 7) is 5.96. The standard InChI is InChI=1S/C24H24N2O3/c1-17-15-23(25-21-9-5-3-7-19(17)21)28-13-11-27-12-14-29-24-16-18(2)20-8-4-6-10-22(20)26-24/h3-10,15-16H,11-14H2,1-2H3. The van der Waals surface area contributed by atoms with Crippen LogP contribution in [0.5, 0.6) is 11.8 Å². The second kappa shape index (κ2) is 8.88. The number of hydrogen-bond donors (Lipinski definition) is 0. The molecule has 0 amide bonds. The number of benzene rings is 2. The first-order chi connectivity index (χ1) is 14.2. The van der Waals surface area contributed by atoms with E-state index >= 15 is 0 Å². The van der Waals surface area contributed by atoms with Crippen LogP contribution in [0.15, 0.2) is 60.7 Å². The predicted molar refractivity (Wildman–Crippen MR) is 115 cm³/mol. The van der Waals surface area contributed by atoms with Gasteiger partial charge in [0.1, 0.15) is 13.2 Å². The van der Waals surface area contributed by atoms with Crippen LogP contribution in [-0.2, 0) is 4.74 Å². The molecule has 0 aliphatic rings. The molecule has 2 aromatic carbocycles. The van der Waals surface area contributed by atoms with Crippen LogP contribution < -0.4 is 9.47 Å². The van der Waals surface area contributed by atoms with Crippen LogP contribution >= 0.6 is 0 Å². The van der Waals surface area contributed by atoms with Crippen LogP contribution in [0.1, 0.15) is 11.1 Å². The largest absolute Gasteiger partial charge is 0.475 e. The summed E-state index contributed by atoms with van der Waals surface area (Å²) in [5.41, 5.74) is 4.18. The lowest BCUT2D eigenvalue weighted by Crippen LogP contribution is -2.13. The Hall–Kier alpha value is -3.18. The maximum Gasteiger partial charge on any atom is 0.214 e. The van der Waals surface area contributed by atoms with E-state index in [1.807, 2.05) is 48.5 Å². The highest BCUT2D eigenvalue weighted by atomic mass is 16.5. The average Bonchev–Trinajstić information content (AvgIpc) is 2.73. The first-order valence-corrected chi connectivity index (χ1v) is 9.77. The van der Waals surface area contributed by atoms with Crippen molar-refractivity contribution in [2.24, 2.45) is 0 Å². The summed E-state index contributed by atoms with van der Waals surface area (Å²) >= 11 is 0. The van der Waals surface area contributed by atoms with Crippen molar-refractivity contribution < 1.29 is 14.2 Å². The Balaban J connectivity index is 1.21. The summed E-state index contributed by atoms with van der Waals surface area (Å²) in [5.74, 6) is 1.24. The van der Waals surface area contributed by atoms with Gasteiger partial charge in [0.05, 0.1) is 24.2 Å². The number of fused-ring (bicyclic) bond motifs is 2. The third kappa shape index (κ3) is 4.63. The molecule has 0 radical (unpaired) electrons. The van der Waals surface area contributed by atoms with E-state index in [-0.39, 0.29) is 0 Å². The second-order valence-electron chi connectivity index (χ2n) is 6.90. The van der Waals surface area contributed by atoms with E-state index in [1.165, 1.54) is 0 Å². The van der Waals surface area contributed by atoms with Gasteiger partial charge in [-0.2, -0.15) is 0 Å². The molecule has 4 rings (SSSR count). The van der Waals surface area contributed by atoms with Crippen molar-refractivity contribution in [1.82, 2.24) is 9.97 Å². The molecule has 0 saturated heterocycles. The van der Waals surface area contributed by atoms with Gasteiger partial charge < -0.3 is 14.2 Å². The van der Waals surface area contributed by atoms with E-state index in [4.69, 9.17) is 14.2 Å². The van der Waals surface area contributed by atoms with Gasteiger partial charge in [-0.1, -0.05) is 36.4 Å². The zero-order chi connectivity index (χ0) is 20.1. The van der Waals surface area contributed by atoms with Crippen LogP contribution in [0.2, 0.25) is 0 Å². The van der Waals surface area contributed by atoms with Crippen molar-refractivity contribution in [1.29, 1.82) is 0 Å². The predicted octanol–water partition coefficient (Wildman–Crippen LogP) is 4.87. The maximum atomic E-state index is 5.73. The van der Waals surface area contributed by atoms with E-state index in [0.29, 0.717) is 38.2 Å². The normalized spacial score (nSPS) is 11.1. The Morgan fingerprint density at radius 1 is 0.621 bits per heavy atom. The first-order valence-electron chi connectivity index (χ1n) is 9.77. The molecule has 29 heavy (non-hydrogen) atoms. The highest BCUT2D eigenvalue weighted by molar-refractivity contribution is 5.83. The first kappa shape index (κ1) is 19.2. The molecule has 0 aliphatic heterocycles. The van der Waals surface area contributed by atoms with Crippen LogP contribution in [-0.4, -0.2) is 36.4 Å². The lowest BCUT2D eigenvalue weighted by molar-refractivity contribution is 0.0744. The number of para-hydroxylation sites is 2. The SMILES string of the molecule is Cc1cc(OCCOCCOc2cc(C)c3ccccc3n2)nc2ccccc12. The van der Waals surface area contributed by atoms with Crippen molar-refractivity contribution in [3.05, 3.63) is 71.8 Å². The van der Waals surface area contributed by atoms with Crippen molar-refractivity contribution in [3.63, 3.8) is 0 Å². The molecule has 0 bridgehead atoms.